The van der Waals surface area contributed by atoms with Crippen molar-refractivity contribution >= 4 is 5.91 Å². The second-order valence-electron chi connectivity index (χ2n) is 5.06. The first-order chi connectivity index (χ1) is 7.13. The van der Waals surface area contributed by atoms with Crippen LogP contribution in [0, 0.1) is 29.1 Å². The van der Waals surface area contributed by atoms with Crippen molar-refractivity contribution in [1.82, 2.24) is 4.90 Å². The van der Waals surface area contributed by atoms with Gasteiger partial charge in [-0.15, -0.1) is 0 Å². The van der Waals surface area contributed by atoms with Crippen LogP contribution in [0.2, 0.25) is 0 Å². The number of nitrogens with zero attached hydrogens (tertiary/aromatic N) is 2. The first-order valence-corrected chi connectivity index (χ1v) is 5.82. The normalized spacial score (nSPS) is 40.9. The molecule has 0 aromatic rings. The van der Waals surface area contributed by atoms with Gasteiger partial charge in [-0.05, 0) is 24.7 Å². The molecule has 0 bridgehead atoms. The molecule has 4 atom stereocenters. The fourth-order valence-corrected chi connectivity index (χ4v) is 2.92. The van der Waals surface area contributed by atoms with E-state index < -0.39 is 0 Å². The van der Waals surface area contributed by atoms with Gasteiger partial charge in [-0.2, -0.15) is 5.26 Å². The van der Waals surface area contributed by atoms with E-state index in [1.807, 2.05) is 4.90 Å². The summed E-state index contributed by atoms with van der Waals surface area (Å²) in [6.45, 7) is 5.15. The van der Waals surface area contributed by atoms with E-state index in [9.17, 15) is 4.79 Å². The molecule has 1 aliphatic carbocycles. The summed E-state index contributed by atoms with van der Waals surface area (Å²) in [4.78, 5) is 13.7. The summed E-state index contributed by atoms with van der Waals surface area (Å²) in [6, 6.07) is 2.61. The standard InChI is InChI=1S/C12H18N2O/c1-8-3-4-11(9(8)2)14-7-10(6-13)5-12(14)15/h8-11H,3-5,7H2,1-2H3. The molecule has 4 unspecified atom stereocenters. The lowest BCUT2D eigenvalue weighted by molar-refractivity contribution is -0.130. The summed E-state index contributed by atoms with van der Waals surface area (Å²) < 4.78 is 0. The summed E-state index contributed by atoms with van der Waals surface area (Å²) in [7, 11) is 0. The lowest BCUT2D eigenvalue weighted by Crippen LogP contribution is -2.38. The predicted molar refractivity (Wildman–Crippen MR) is 56.8 cm³/mol. The Labute approximate surface area is 91.1 Å². The van der Waals surface area contributed by atoms with Gasteiger partial charge in [0.05, 0.1) is 12.0 Å². The van der Waals surface area contributed by atoms with Crippen molar-refractivity contribution in [2.24, 2.45) is 17.8 Å². The number of hydrogen-bond donors (Lipinski definition) is 0. The molecule has 0 radical (unpaired) electrons. The number of rotatable bonds is 1. The number of hydrogen-bond acceptors (Lipinski definition) is 2. The third kappa shape index (κ3) is 1.73. The molecule has 2 fully saturated rings. The van der Waals surface area contributed by atoms with E-state index in [-0.39, 0.29) is 11.8 Å². The number of carbonyl (C=O) groups excluding carboxylic acids is 1. The van der Waals surface area contributed by atoms with Crippen LogP contribution >= 0.6 is 0 Å². The van der Waals surface area contributed by atoms with Gasteiger partial charge in [-0.25, -0.2) is 0 Å². The molecule has 0 aromatic carbocycles. The Morgan fingerprint density at radius 1 is 1.40 bits per heavy atom. The highest BCUT2D eigenvalue weighted by Gasteiger charge is 2.40. The van der Waals surface area contributed by atoms with Crippen LogP contribution in [-0.2, 0) is 4.79 Å². The monoisotopic (exact) mass is 206 g/mol. The molecule has 1 saturated heterocycles. The molecule has 1 aliphatic heterocycles. The Kier molecular flexibility index (Phi) is 2.68. The van der Waals surface area contributed by atoms with E-state index in [0.717, 1.165) is 6.42 Å². The van der Waals surface area contributed by atoms with Crippen LogP contribution in [0.3, 0.4) is 0 Å². The molecule has 1 saturated carbocycles. The highest BCUT2D eigenvalue weighted by Crippen LogP contribution is 2.37. The summed E-state index contributed by atoms with van der Waals surface area (Å²) in [5, 5.41) is 8.83. The second-order valence-corrected chi connectivity index (χ2v) is 5.06. The Balaban J connectivity index is 2.06. The minimum atomic E-state index is -0.0689. The third-order valence-corrected chi connectivity index (χ3v) is 4.16. The molecule has 0 aromatic heterocycles. The van der Waals surface area contributed by atoms with Crippen molar-refractivity contribution in [1.29, 1.82) is 5.26 Å². The van der Waals surface area contributed by atoms with Gasteiger partial charge in [-0.1, -0.05) is 13.8 Å². The SMILES string of the molecule is CC1CCC(N2CC(C#N)CC2=O)C1C. The van der Waals surface area contributed by atoms with Crippen LogP contribution < -0.4 is 0 Å². The van der Waals surface area contributed by atoms with Crippen molar-refractivity contribution in [2.75, 3.05) is 6.54 Å². The molecule has 0 N–H and O–H groups in total. The highest BCUT2D eigenvalue weighted by atomic mass is 16.2. The fraction of sp³-hybridized carbons (Fsp3) is 0.833. The minimum Gasteiger partial charge on any atom is -0.338 e. The van der Waals surface area contributed by atoms with Gasteiger partial charge >= 0.3 is 0 Å². The van der Waals surface area contributed by atoms with E-state index >= 15 is 0 Å². The first-order valence-electron chi connectivity index (χ1n) is 5.82. The zero-order valence-corrected chi connectivity index (χ0v) is 9.44. The Morgan fingerprint density at radius 3 is 2.60 bits per heavy atom. The van der Waals surface area contributed by atoms with E-state index in [2.05, 4.69) is 19.9 Å². The van der Waals surface area contributed by atoms with Gasteiger partial charge in [0.1, 0.15) is 0 Å². The molecular weight excluding hydrogens is 188 g/mol. The zero-order chi connectivity index (χ0) is 11.0. The zero-order valence-electron chi connectivity index (χ0n) is 9.44. The van der Waals surface area contributed by atoms with Crippen molar-refractivity contribution < 1.29 is 4.79 Å². The molecule has 0 spiro atoms. The Morgan fingerprint density at radius 2 is 2.13 bits per heavy atom. The molecule has 1 amide bonds. The molecule has 2 rings (SSSR count). The van der Waals surface area contributed by atoms with Crippen molar-refractivity contribution in [3.63, 3.8) is 0 Å². The second kappa shape index (κ2) is 3.84. The molecule has 3 nitrogen and oxygen atoms in total. The van der Waals surface area contributed by atoms with Crippen molar-refractivity contribution in [3.8, 4) is 6.07 Å². The lowest BCUT2D eigenvalue weighted by Gasteiger charge is -2.28. The molecular formula is C12H18N2O. The highest BCUT2D eigenvalue weighted by molar-refractivity contribution is 5.79. The van der Waals surface area contributed by atoms with E-state index in [0.29, 0.717) is 30.8 Å². The largest absolute Gasteiger partial charge is 0.338 e. The predicted octanol–water partition coefficient (Wildman–Crippen LogP) is 1.79. The maximum Gasteiger partial charge on any atom is 0.224 e. The van der Waals surface area contributed by atoms with E-state index in [1.165, 1.54) is 6.42 Å². The molecule has 1 heterocycles. The first kappa shape index (κ1) is 10.5. The average molecular weight is 206 g/mol. The number of amides is 1. The van der Waals surface area contributed by atoms with Crippen molar-refractivity contribution in [3.05, 3.63) is 0 Å². The maximum atomic E-state index is 11.8. The van der Waals surface area contributed by atoms with Crippen molar-refractivity contribution in [2.45, 2.75) is 39.2 Å². The minimum absolute atomic E-state index is 0.0689. The lowest BCUT2D eigenvalue weighted by atomic mass is 9.97. The Bertz CT molecular complexity index is 307. The van der Waals surface area contributed by atoms with Gasteiger partial charge < -0.3 is 4.90 Å². The molecule has 82 valence electrons. The number of likely N-dealkylation sites (tertiary alicyclic amines) is 1. The van der Waals surface area contributed by atoms with Gasteiger partial charge in [0, 0.05) is 19.0 Å². The quantitative estimate of drug-likeness (QED) is 0.656. The van der Waals surface area contributed by atoms with Gasteiger partial charge in [-0.3, -0.25) is 4.79 Å². The number of nitriles is 1. The van der Waals surface area contributed by atoms with E-state index in [4.69, 9.17) is 5.26 Å². The molecule has 3 heteroatoms. The van der Waals surface area contributed by atoms with Crippen LogP contribution in [-0.4, -0.2) is 23.4 Å². The van der Waals surface area contributed by atoms with Gasteiger partial charge in [0.2, 0.25) is 5.91 Å². The summed E-state index contributed by atoms with van der Waals surface area (Å²) in [5.74, 6) is 1.42. The Hall–Kier alpha value is -1.04. The van der Waals surface area contributed by atoms with Gasteiger partial charge in [0.15, 0.2) is 0 Å². The smallest absolute Gasteiger partial charge is 0.224 e. The maximum absolute atomic E-state index is 11.8. The summed E-state index contributed by atoms with van der Waals surface area (Å²) in [6.07, 6.45) is 2.77. The summed E-state index contributed by atoms with van der Waals surface area (Å²) >= 11 is 0. The van der Waals surface area contributed by atoms with Crippen LogP contribution in [0.25, 0.3) is 0 Å². The fourth-order valence-electron chi connectivity index (χ4n) is 2.92. The van der Waals surface area contributed by atoms with Crippen LogP contribution in [0.4, 0.5) is 0 Å². The third-order valence-electron chi connectivity index (χ3n) is 4.16. The summed E-state index contributed by atoms with van der Waals surface area (Å²) in [5.41, 5.74) is 0. The van der Waals surface area contributed by atoms with E-state index in [1.54, 1.807) is 0 Å². The average Bonchev–Trinajstić information content (AvgIpc) is 2.73. The molecule has 2 aliphatic rings. The van der Waals surface area contributed by atoms with Crippen LogP contribution in [0.1, 0.15) is 33.1 Å². The van der Waals surface area contributed by atoms with Crippen LogP contribution in [0.5, 0.6) is 0 Å². The van der Waals surface area contributed by atoms with Gasteiger partial charge in [0.25, 0.3) is 0 Å². The molecule has 15 heavy (non-hydrogen) atoms. The number of carbonyl (C=O) groups is 1. The topological polar surface area (TPSA) is 44.1 Å². The van der Waals surface area contributed by atoms with Crippen LogP contribution in [0.15, 0.2) is 0 Å².